The van der Waals surface area contributed by atoms with Crippen molar-refractivity contribution < 1.29 is 5.11 Å². The summed E-state index contributed by atoms with van der Waals surface area (Å²) in [6, 6.07) is -0.307. The number of aromatic nitrogens is 2. The lowest BCUT2D eigenvalue weighted by Crippen LogP contribution is -2.18. The van der Waals surface area contributed by atoms with Crippen molar-refractivity contribution in [3.05, 3.63) is 18.2 Å². The van der Waals surface area contributed by atoms with Gasteiger partial charge >= 0.3 is 0 Å². The summed E-state index contributed by atoms with van der Waals surface area (Å²) in [4.78, 5) is 4.06. The van der Waals surface area contributed by atoms with E-state index in [-0.39, 0.29) is 12.6 Å². The lowest BCUT2D eigenvalue weighted by atomic mass is 10.2. The van der Waals surface area contributed by atoms with Gasteiger partial charge in [0.2, 0.25) is 0 Å². The Labute approximate surface area is 91.1 Å². The molecule has 1 aromatic rings. The van der Waals surface area contributed by atoms with Crippen LogP contribution in [0.4, 0.5) is 0 Å². The smallest absolute Gasteiger partial charge is 0.0948 e. The van der Waals surface area contributed by atoms with Crippen LogP contribution < -0.4 is 5.73 Å². The summed E-state index contributed by atoms with van der Waals surface area (Å²) < 4.78 is 2.04. The molecule has 0 aliphatic rings. The first kappa shape index (κ1) is 12.2. The van der Waals surface area contributed by atoms with E-state index in [1.807, 2.05) is 4.57 Å². The Morgan fingerprint density at radius 1 is 1.47 bits per heavy atom. The van der Waals surface area contributed by atoms with Crippen molar-refractivity contribution in [3.8, 4) is 0 Å². The molecule has 0 fully saturated rings. The van der Waals surface area contributed by atoms with Crippen LogP contribution in [0.2, 0.25) is 0 Å². The summed E-state index contributed by atoms with van der Waals surface area (Å²) in [6.07, 6.45) is 8.43. The van der Waals surface area contributed by atoms with E-state index in [0.29, 0.717) is 0 Å². The van der Waals surface area contributed by atoms with E-state index in [1.54, 1.807) is 12.5 Å². The van der Waals surface area contributed by atoms with Gasteiger partial charge in [-0.05, 0) is 6.42 Å². The van der Waals surface area contributed by atoms with Crippen LogP contribution in [-0.4, -0.2) is 21.3 Å². The highest BCUT2D eigenvalue weighted by atomic mass is 16.3. The molecule has 0 spiro atoms. The lowest BCUT2D eigenvalue weighted by Gasteiger charge is -2.12. The number of unbranched alkanes of at least 4 members (excludes halogenated alkanes) is 3. The molecule has 4 heteroatoms. The molecule has 0 aromatic carbocycles. The Balaban J connectivity index is 2.43. The zero-order valence-electron chi connectivity index (χ0n) is 9.39. The number of rotatable bonds is 7. The van der Waals surface area contributed by atoms with Crippen molar-refractivity contribution in [2.75, 3.05) is 6.61 Å². The van der Waals surface area contributed by atoms with Gasteiger partial charge in [-0.3, -0.25) is 0 Å². The molecule has 0 saturated heterocycles. The van der Waals surface area contributed by atoms with E-state index in [4.69, 9.17) is 10.8 Å². The van der Waals surface area contributed by atoms with Crippen LogP contribution in [0.5, 0.6) is 0 Å². The fourth-order valence-corrected chi connectivity index (χ4v) is 1.63. The van der Waals surface area contributed by atoms with Gasteiger partial charge in [0.25, 0.3) is 0 Å². The minimum absolute atomic E-state index is 0.0271. The highest BCUT2D eigenvalue weighted by molar-refractivity contribution is 5.04. The molecule has 1 atom stereocenters. The van der Waals surface area contributed by atoms with Gasteiger partial charge in [-0.15, -0.1) is 0 Å². The molecule has 1 rings (SSSR count). The van der Waals surface area contributed by atoms with E-state index in [2.05, 4.69) is 11.9 Å². The van der Waals surface area contributed by atoms with Gasteiger partial charge in [0.15, 0.2) is 0 Å². The maximum atomic E-state index is 8.97. The molecule has 1 aromatic heterocycles. The number of hydrogen-bond acceptors (Lipinski definition) is 3. The highest BCUT2D eigenvalue weighted by Crippen LogP contribution is 2.10. The van der Waals surface area contributed by atoms with Gasteiger partial charge in [-0.2, -0.15) is 0 Å². The number of nitrogens with two attached hydrogens (primary N) is 1. The van der Waals surface area contributed by atoms with Crippen molar-refractivity contribution >= 4 is 0 Å². The van der Waals surface area contributed by atoms with E-state index >= 15 is 0 Å². The van der Waals surface area contributed by atoms with Crippen LogP contribution in [0, 0.1) is 0 Å². The monoisotopic (exact) mass is 211 g/mol. The van der Waals surface area contributed by atoms with Gasteiger partial charge in [-0.25, -0.2) is 4.98 Å². The number of aryl methyl sites for hydroxylation is 1. The number of imidazole rings is 1. The Hall–Kier alpha value is -0.870. The van der Waals surface area contributed by atoms with Gasteiger partial charge in [0.1, 0.15) is 0 Å². The number of nitrogens with zero attached hydrogens (tertiary/aromatic N) is 2. The molecule has 0 aliphatic heterocycles. The van der Waals surface area contributed by atoms with Crippen molar-refractivity contribution in [3.63, 3.8) is 0 Å². The summed E-state index contributed by atoms with van der Waals surface area (Å²) in [5, 5.41) is 8.97. The fraction of sp³-hybridized carbons (Fsp3) is 0.727. The maximum absolute atomic E-state index is 8.97. The quantitative estimate of drug-likeness (QED) is 0.671. The van der Waals surface area contributed by atoms with E-state index in [0.717, 1.165) is 18.7 Å². The van der Waals surface area contributed by atoms with Crippen molar-refractivity contribution in [1.82, 2.24) is 9.55 Å². The molecule has 0 bridgehead atoms. The molecule has 4 nitrogen and oxygen atoms in total. The molecule has 3 N–H and O–H groups in total. The van der Waals surface area contributed by atoms with Crippen molar-refractivity contribution in [2.24, 2.45) is 5.73 Å². The Morgan fingerprint density at radius 2 is 2.27 bits per heavy atom. The average Bonchev–Trinajstić information content (AvgIpc) is 2.71. The topological polar surface area (TPSA) is 64.1 Å². The van der Waals surface area contributed by atoms with Crippen LogP contribution in [0.15, 0.2) is 12.5 Å². The van der Waals surface area contributed by atoms with Crippen LogP contribution in [0.1, 0.15) is 44.3 Å². The van der Waals surface area contributed by atoms with E-state index in [9.17, 15) is 0 Å². The normalized spacial score (nSPS) is 13.0. The number of hydrogen-bond donors (Lipinski definition) is 2. The Bertz CT molecular complexity index is 273. The zero-order chi connectivity index (χ0) is 11.1. The fourth-order valence-electron chi connectivity index (χ4n) is 1.63. The summed E-state index contributed by atoms with van der Waals surface area (Å²) in [6.45, 7) is 3.12. The maximum Gasteiger partial charge on any atom is 0.0948 e. The molecule has 1 unspecified atom stereocenters. The molecule has 15 heavy (non-hydrogen) atoms. The van der Waals surface area contributed by atoms with Gasteiger partial charge in [0.05, 0.1) is 24.7 Å². The summed E-state index contributed by atoms with van der Waals surface area (Å²) in [5.41, 5.74) is 6.68. The first-order valence-corrected chi connectivity index (χ1v) is 5.66. The molecule has 0 radical (unpaired) electrons. The van der Waals surface area contributed by atoms with E-state index < -0.39 is 0 Å². The van der Waals surface area contributed by atoms with Crippen molar-refractivity contribution in [1.29, 1.82) is 0 Å². The average molecular weight is 211 g/mol. The molecule has 86 valence electrons. The van der Waals surface area contributed by atoms with Crippen LogP contribution in [-0.2, 0) is 6.54 Å². The minimum atomic E-state index is -0.307. The summed E-state index contributed by atoms with van der Waals surface area (Å²) in [5.74, 6) is 0. The van der Waals surface area contributed by atoms with Crippen LogP contribution >= 0.6 is 0 Å². The largest absolute Gasteiger partial charge is 0.394 e. The third kappa shape index (κ3) is 3.64. The van der Waals surface area contributed by atoms with Gasteiger partial charge in [0, 0.05) is 12.7 Å². The number of aliphatic hydroxyl groups is 1. The lowest BCUT2D eigenvalue weighted by molar-refractivity contribution is 0.263. The SMILES string of the molecule is CCCCCCn1cncc1C(N)CO. The number of aliphatic hydroxyl groups excluding tert-OH is 1. The van der Waals surface area contributed by atoms with Crippen LogP contribution in [0.3, 0.4) is 0 Å². The molecule has 1 heterocycles. The molecular weight excluding hydrogens is 190 g/mol. The second kappa shape index (κ2) is 6.58. The predicted octanol–water partition coefficient (Wildman–Crippen LogP) is 1.46. The predicted molar refractivity (Wildman–Crippen MR) is 60.4 cm³/mol. The molecule has 0 aliphatic carbocycles. The summed E-state index contributed by atoms with van der Waals surface area (Å²) in [7, 11) is 0. The van der Waals surface area contributed by atoms with E-state index in [1.165, 1.54) is 19.3 Å². The molecular formula is C11H21N3O. The first-order chi connectivity index (χ1) is 7.29. The molecule has 0 amide bonds. The zero-order valence-corrected chi connectivity index (χ0v) is 9.39. The standard InChI is InChI=1S/C11H21N3O/c1-2-3-4-5-6-14-9-13-7-11(14)10(12)8-15/h7,9-10,15H,2-6,8,12H2,1H3. The summed E-state index contributed by atoms with van der Waals surface area (Å²) >= 11 is 0. The first-order valence-electron chi connectivity index (χ1n) is 5.66. The van der Waals surface area contributed by atoms with Crippen molar-refractivity contribution in [2.45, 2.75) is 45.2 Å². The van der Waals surface area contributed by atoms with Gasteiger partial charge < -0.3 is 15.4 Å². The van der Waals surface area contributed by atoms with Gasteiger partial charge in [-0.1, -0.05) is 26.2 Å². The highest BCUT2D eigenvalue weighted by Gasteiger charge is 2.09. The van der Waals surface area contributed by atoms with Crippen LogP contribution in [0.25, 0.3) is 0 Å². The Kier molecular flexibility index (Phi) is 5.36. The Morgan fingerprint density at radius 3 is 2.93 bits per heavy atom. The second-order valence-electron chi connectivity index (χ2n) is 3.86. The third-order valence-electron chi connectivity index (χ3n) is 2.57. The molecule has 0 saturated carbocycles. The third-order valence-corrected chi connectivity index (χ3v) is 2.57. The second-order valence-corrected chi connectivity index (χ2v) is 3.86. The minimum Gasteiger partial charge on any atom is -0.394 e.